The molecule has 0 spiro atoms. The van der Waals surface area contributed by atoms with Crippen molar-refractivity contribution in [3.63, 3.8) is 0 Å². The van der Waals surface area contributed by atoms with Gasteiger partial charge >= 0.3 is 0 Å². The highest BCUT2D eigenvalue weighted by Gasteiger charge is 2.19. The zero-order valence-corrected chi connectivity index (χ0v) is 18.0. The van der Waals surface area contributed by atoms with Gasteiger partial charge in [0.15, 0.2) is 0 Å². The SMILES string of the molecule is CCC(C(=O)Nc1ccc(-c2nc(Cn3cc(C)cn3)c(C)o2)cc1)c1ccccc1. The van der Waals surface area contributed by atoms with Crippen LogP contribution in [0.2, 0.25) is 0 Å². The van der Waals surface area contributed by atoms with Crippen LogP contribution in [0.5, 0.6) is 0 Å². The molecule has 0 saturated heterocycles. The highest BCUT2D eigenvalue weighted by atomic mass is 16.4. The maximum Gasteiger partial charge on any atom is 0.231 e. The summed E-state index contributed by atoms with van der Waals surface area (Å²) in [5.74, 6) is 1.15. The molecular weight excluding hydrogens is 388 g/mol. The third kappa shape index (κ3) is 4.74. The van der Waals surface area contributed by atoms with E-state index in [1.807, 2.05) is 92.4 Å². The summed E-state index contributed by atoms with van der Waals surface area (Å²) in [5, 5.41) is 7.33. The minimum atomic E-state index is -0.177. The summed E-state index contributed by atoms with van der Waals surface area (Å²) in [6, 6.07) is 17.4. The molecule has 0 bridgehead atoms. The molecule has 31 heavy (non-hydrogen) atoms. The van der Waals surface area contributed by atoms with Crippen molar-refractivity contribution in [3.05, 3.63) is 89.6 Å². The molecule has 2 aromatic carbocycles. The van der Waals surface area contributed by atoms with Crippen LogP contribution in [0.1, 0.15) is 41.8 Å². The van der Waals surface area contributed by atoms with Gasteiger partial charge in [-0.2, -0.15) is 5.10 Å². The Labute approximate surface area is 181 Å². The van der Waals surface area contributed by atoms with E-state index in [1.54, 1.807) is 0 Å². The number of carbonyl (C=O) groups excluding carboxylic acids is 1. The molecule has 0 fully saturated rings. The zero-order valence-electron chi connectivity index (χ0n) is 18.0. The van der Waals surface area contributed by atoms with Gasteiger partial charge in [-0.15, -0.1) is 0 Å². The molecule has 2 heterocycles. The number of carbonyl (C=O) groups is 1. The van der Waals surface area contributed by atoms with Crippen molar-refractivity contribution in [1.82, 2.24) is 14.8 Å². The van der Waals surface area contributed by atoms with Gasteiger partial charge in [-0.25, -0.2) is 4.98 Å². The highest BCUT2D eigenvalue weighted by Crippen LogP contribution is 2.25. The standard InChI is InChI=1S/C25H26N4O2/c1-4-22(19-8-6-5-7-9-19)24(30)27-21-12-10-20(11-13-21)25-28-23(18(3)31-25)16-29-15-17(2)14-26-29/h5-15,22H,4,16H2,1-3H3,(H,27,30). The van der Waals surface area contributed by atoms with Crippen molar-refractivity contribution >= 4 is 11.6 Å². The summed E-state index contributed by atoms with van der Waals surface area (Å²) >= 11 is 0. The zero-order chi connectivity index (χ0) is 21.8. The minimum Gasteiger partial charge on any atom is -0.441 e. The Bertz CT molecular complexity index is 1160. The van der Waals surface area contributed by atoms with E-state index in [2.05, 4.69) is 15.4 Å². The Morgan fingerprint density at radius 3 is 2.48 bits per heavy atom. The van der Waals surface area contributed by atoms with Crippen molar-refractivity contribution < 1.29 is 9.21 Å². The quantitative estimate of drug-likeness (QED) is 0.443. The lowest BCUT2D eigenvalue weighted by Gasteiger charge is -2.15. The second-order valence-electron chi connectivity index (χ2n) is 7.68. The van der Waals surface area contributed by atoms with Gasteiger partial charge in [0.1, 0.15) is 11.5 Å². The van der Waals surface area contributed by atoms with E-state index in [0.29, 0.717) is 12.4 Å². The molecule has 1 unspecified atom stereocenters. The van der Waals surface area contributed by atoms with Gasteiger partial charge in [0, 0.05) is 17.4 Å². The first-order valence-corrected chi connectivity index (χ1v) is 10.4. The lowest BCUT2D eigenvalue weighted by Crippen LogP contribution is -2.20. The first kappa shape index (κ1) is 20.6. The third-order valence-corrected chi connectivity index (χ3v) is 5.29. The van der Waals surface area contributed by atoms with Crippen molar-refractivity contribution in [2.24, 2.45) is 0 Å². The van der Waals surface area contributed by atoms with E-state index in [9.17, 15) is 4.79 Å². The van der Waals surface area contributed by atoms with E-state index >= 15 is 0 Å². The number of oxazole rings is 1. The maximum atomic E-state index is 12.8. The third-order valence-electron chi connectivity index (χ3n) is 5.29. The van der Waals surface area contributed by atoms with Crippen LogP contribution in [-0.4, -0.2) is 20.7 Å². The van der Waals surface area contributed by atoms with Gasteiger partial charge < -0.3 is 9.73 Å². The molecule has 6 nitrogen and oxygen atoms in total. The van der Waals surface area contributed by atoms with Gasteiger partial charge in [0.25, 0.3) is 0 Å². The van der Waals surface area contributed by atoms with Crippen LogP contribution in [0.25, 0.3) is 11.5 Å². The molecule has 1 N–H and O–H groups in total. The average Bonchev–Trinajstić information content (AvgIpc) is 3.35. The summed E-state index contributed by atoms with van der Waals surface area (Å²) in [4.78, 5) is 17.4. The van der Waals surface area contributed by atoms with Crippen LogP contribution < -0.4 is 5.32 Å². The molecule has 0 saturated carbocycles. The summed E-state index contributed by atoms with van der Waals surface area (Å²) in [7, 11) is 0. The fraction of sp³-hybridized carbons (Fsp3) is 0.240. The number of benzene rings is 2. The number of hydrogen-bond acceptors (Lipinski definition) is 4. The first-order chi connectivity index (χ1) is 15.0. The largest absolute Gasteiger partial charge is 0.441 e. The molecule has 158 valence electrons. The molecule has 0 aliphatic carbocycles. The number of hydrogen-bond donors (Lipinski definition) is 1. The smallest absolute Gasteiger partial charge is 0.231 e. The van der Waals surface area contributed by atoms with Crippen LogP contribution in [0.15, 0.2) is 71.4 Å². The van der Waals surface area contributed by atoms with E-state index in [0.717, 1.165) is 40.3 Å². The van der Waals surface area contributed by atoms with E-state index in [4.69, 9.17) is 4.42 Å². The Morgan fingerprint density at radius 1 is 1.10 bits per heavy atom. The monoisotopic (exact) mass is 414 g/mol. The van der Waals surface area contributed by atoms with Gasteiger partial charge in [-0.3, -0.25) is 9.48 Å². The van der Waals surface area contributed by atoms with Crippen molar-refractivity contribution in [1.29, 1.82) is 0 Å². The molecule has 1 atom stereocenters. The topological polar surface area (TPSA) is 73.0 Å². The predicted molar refractivity (Wildman–Crippen MR) is 121 cm³/mol. The second-order valence-corrected chi connectivity index (χ2v) is 7.68. The van der Waals surface area contributed by atoms with Gasteiger partial charge in [0.2, 0.25) is 11.8 Å². The molecule has 4 rings (SSSR count). The van der Waals surface area contributed by atoms with Gasteiger partial charge in [0.05, 0.1) is 18.7 Å². The Kier molecular flexibility index (Phi) is 5.98. The molecule has 0 aliphatic heterocycles. The number of amides is 1. The van der Waals surface area contributed by atoms with Crippen molar-refractivity contribution in [2.45, 2.75) is 39.7 Å². The van der Waals surface area contributed by atoms with Crippen LogP contribution in [0.4, 0.5) is 5.69 Å². The molecule has 2 aromatic heterocycles. The number of nitrogens with one attached hydrogen (secondary N) is 1. The summed E-state index contributed by atoms with van der Waals surface area (Å²) in [6.45, 7) is 6.50. The maximum absolute atomic E-state index is 12.8. The Hall–Kier alpha value is -3.67. The summed E-state index contributed by atoms with van der Waals surface area (Å²) in [5.41, 5.74) is 4.59. The van der Waals surface area contributed by atoms with Crippen LogP contribution in [-0.2, 0) is 11.3 Å². The van der Waals surface area contributed by atoms with Gasteiger partial charge in [-0.05, 0) is 55.7 Å². The average molecular weight is 415 g/mol. The summed E-state index contributed by atoms with van der Waals surface area (Å²) < 4.78 is 7.72. The highest BCUT2D eigenvalue weighted by molar-refractivity contribution is 5.96. The van der Waals surface area contributed by atoms with E-state index in [-0.39, 0.29) is 11.8 Å². The molecule has 4 aromatic rings. The van der Waals surface area contributed by atoms with E-state index in [1.165, 1.54) is 0 Å². The predicted octanol–water partition coefficient (Wildman–Crippen LogP) is 5.34. The number of nitrogens with zero attached hydrogens (tertiary/aromatic N) is 3. The van der Waals surface area contributed by atoms with Crippen LogP contribution >= 0.6 is 0 Å². The molecule has 0 aliphatic rings. The Balaban J connectivity index is 1.46. The minimum absolute atomic E-state index is 0.00906. The molecule has 1 amide bonds. The molecule has 0 radical (unpaired) electrons. The van der Waals surface area contributed by atoms with E-state index < -0.39 is 0 Å². The van der Waals surface area contributed by atoms with Crippen molar-refractivity contribution in [3.8, 4) is 11.5 Å². The molecule has 6 heteroatoms. The number of rotatable bonds is 7. The number of aryl methyl sites for hydroxylation is 2. The van der Waals surface area contributed by atoms with Crippen LogP contribution in [0.3, 0.4) is 0 Å². The second kappa shape index (κ2) is 9.00. The molecular formula is C25H26N4O2. The Morgan fingerprint density at radius 2 is 1.84 bits per heavy atom. The van der Waals surface area contributed by atoms with Gasteiger partial charge in [-0.1, -0.05) is 37.3 Å². The lowest BCUT2D eigenvalue weighted by molar-refractivity contribution is -0.117. The first-order valence-electron chi connectivity index (χ1n) is 10.4. The fourth-order valence-electron chi connectivity index (χ4n) is 3.59. The normalized spacial score (nSPS) is 12.0. The fourth-order valence-corrected chi connectivity index (χ4v) is 3.59. The van der Waals surface area contributed by atoms with Crippen molar-refractivity contribution in [2.75, 3.05) is 5.32 Å². The summed E-state index contributed by atoms with van der Waals surface area (Å²) in [6.07, 6.45) is 4.54. The van der Waals surface area contributed by atoms with Crippen LogP contribution in [0, 0.1) is 13.8 Å². The lowest BCUT2D eigenvalue weighted by atomic mass is 9.95. The number of aromatic nitrogens is 3. The number of anilines is 1.